The van der Waals surface area contributed by atoms with Gasteiger partial charge in [-0.05, 0) is 24.9 Å². The Kier molecular flexibility index (Phi) is 6.99. The third-order valence-corrected chi connectivity index (χ3v) is 6.05. The molecule has 0 spiro atoms. The average molecular weight is 406 g/mol. The zero-order chi connectivity index (χ0) is 18.8. The number of aromatic nitrogens is 2. The first-order valence-electron chi connectivity index (χ1n) is 10.00. The van der Waals surface area contributed by atoms with Crippen LogP contribution in [-0.2, 0) is 18.3 Å². The third-order valence-electron chi connectivity index (χ3n) is 6.05. The van der Waals surface area contributed by atoms with Gasteiger partial charge in [0.05, 0.1) is 18.9 Å². The molecule has 2 fully saturated rings. The molecule has 2 atom stereocenters. The van der Waals surface area contributed by atoms with E-state index in [0.29, 0.717) is 11.8 Å². The monoisotopic (exact) mass is 405 g/mol. The molecular formula is C21H32ClN5O. The minimum absolute atomic E-state index is 0. The van der Waals surface area contributed by atoms with Crippen LogP contribution < -0.4 is 10.6 Å². The van der Waals surface area contributed by atoms with E-state index < -0.39 is 0 Å². The van der Waals surface area contributed by atoms with Crippen LogP contribution in [0.1, 0.15) is 22.7 Å². The summed E-state index contributed by atoms with van der Waals surface area (Å²) in [4.78, 5) is 4.98. The van der Waals surface area contributed by atoms with Crippen LogP contribution in [0.25, 0.3) is 0 Å². The fraction of sp³-hybridized carbons (Fsp3) is 0.571. The second kappa shape index (κ2) is 9.27. The van der Waals surface area contributed by atoms with Crippen molar-refractivity contribution in [2.75, 3.05) is 50.8 Å². The van der Waals surface area contributed by atoms with E-state index in [9.17, 15) is 0 Å². The van der Waals surface area contributed by atoms with E-state index >= 15 is 0 Å². The first-order chi connectivity index (χ1) is 13.2. The fourth-order valence-corrected chi connectivity index (χ4v) is 4.68. The number of nitrogens with two attached hydrogens (primary N) is 1. The molecule has 2 N–H and O–H groups in total. The molecule has 28 heavy (non-hydrogen) atoms. The van der Waals surface area contributed by atoms with E-state index in [-0.39, 0.29) is 12.4 Å². The van der Waals surface area contributed by atoms with Gasteiger partial charge in [0.1, 0.15) is 5.82 Å². The van der Waals surface area contributed by atoms with E-state index in [1.807, 2.05) is 4.68 Å². The number of ether oxygens (including phenoxy) is 1. The maximum atomic E-state index is 6.13. The first-order valence-corrected chi connectivity index (χ1v) is 10.00. The number of anilines is 1. The standard InChI is InChI=1S/C21H31N5O.ClH/c1-16-19(21(24(2)23-16)26-8-10-27-11-9-26)14-25-13-18(12-22)20(15-25)17-6-4-3-5-7-17;/h3-7,18,20H,8-15,22H2,1-2H3;1H/t18-,20+;/m1./s1. The lowest BCUT2D eigenvalue weighted by molar-refractivity contribution is 0.122. The van der Waals surface area contributed by atoms with Gasteiger partial charge in [0.2, 0.25) is 0 Å². The van der Waals surface area contributed by atoms with Crippen molar-refractivity contribution < 1.29 is 4.74 Å². The molecule has 0 amide bonds. The minimum atomic E-state index is 0. The molecule has 0 radical (unpaired) electrons. The van der Waals surface area contributed by atoms with Crippen molar-refractivity contribution in [1.29, 1.82) is 0 Å². The number of benzene rings is 1. The van der Waals surface area contributed by atoms with Crippen molar-refractivity contribution in [2.24, 2.45) is 18.7 Å². The van der Waals surface area contributed by atoms with Gasteiger partial charge >= 0.3 is 0 Å². The number of aryl methyl sites for hydroxylation is 2. The summed E-state index contributed by atoms with van der Waals surface area (Å²) in [6.45, 7) is 9.36. The Balaban J connectivity index is 0.00000225. The molecule has 3 heterocycles. The molecule has 154 valence electrons. The quantitative estimate of drug-likeness (QED) is 0.826. The van der Waals surface area contributed by atoms with Crippen LogP contribution in [0.2, 0.25) is 0 Å². The third kappa shape index (κ3) is 4.20. The maximum absolute atomic E-state index is 6.13. The van der Waals surface area contributed by atoms with Crippen molar-refractivity contribution in [3.63, 3.8) is 0 Å². The highest BCUT2D eigenvalue weighted by molar-refractivity contribution is 5.85. The Hall–Kier alpha value is -1.60. The van der Waals surface area contributed by atoms with Crippen molar-refractivity contribution in [3.8, 4) is 0 Å². The second-order valence-electron chi connectivity index (χ2n) is 7.82. The average Bonchev–Trinajstić information content (AvgIpc) is 3.23. The van der Waals surface area contributed by atoms with Crippen molar-refractivity contribution in [1.82, 2.24) is 14.7 Å². The van der Waals surface area contributed by atoms with Gasteiger partial charge in [-0.25, -0.2) is 0 Å². The largest absolute Gasteiger partial charge is 0.378 e. The molecule has 0 unspecified atom stereocenters. The van der Waals surface area contributed by atoms with Gasteiger partial charge in [0, 0.05) is 51.3 Å². The van der Waals surface area contributed by atoms with Crippen LogP contribution in [0.3, 0.4) is 0 Å². The second-order valence-corrected chi connectivity index (χ2v) is 7.82. The molecule has 2 aliphatic rings. The molecule has 2 aromatic rings. The van der Waals surface area contributed by atoms with Crippen LogP contribution in [0.5, 0.6) is 0 Å². The number of rotatable bonds is 5. The fourth-order valence-electron chi connectivity index (χ4n) is 4.68. The summed E-state index contributed by atoms with van der Waals surface area (Å²) >= 11 is 0. The summed E-state index contributed by atoms with van der Waals surface area (Å²) in [6.07, 6.45) is 0. The number of hydrogen-bond acceptors (Lipinski definition) is 5. The Morgan fingerprint density at radius 1 is 1.14 bits per heavy atom. The normalized spacial score (nSPS) is 23.0. The predicted molar refractivity (Wildman–Crippen MR) is 115 cm³/mol. The van der Waals surface area contributed by atoms with Gasteiger partial charge in [-0.15, -0.1) is 12.4 Å². The Bertz CT molecular complexity index is 760. The molecule has 0 saturated carbocycles. The molecule has 0 bridgehead atoms. The molecule has 2 aliphatic heterocycles. The summed E-state index contributed by atoms with van der Waals surface area (Å²) in [5, 5.41) is 4.73. The van der Waals surface area contributed by atoms with Gasteiger partial charge in [-0.1, -0.05) is 30.3 Å². The highest BCUT2D eigenvalue weighted by atomic mass is 35.5. The highest BCUT2D eigenvalue weighted by Crippen LogP contribution is 2.34. The molecule has 1 aromatic heterocycles. The maximum Gasteiger partial charge on any atom is 0.131 e. The summed E-state index contributed by atoms with van der Waals surface area (Å²) in [6, 6.07) is 10.8. The van der Waals surface area contributed by atoms with E-state index in [1.165, 1.54) is 16.9 Å². The van der Waals surface area contributed by atoms with Gasteiger partial charge in [-0.2, -0.15) is 5.10 Å². The Morgan fingerprint density at radius 3 is 2.54 bits per heavy atom. The zero-order valence-corrected chi connectivity index (χ0v) is 17.7. The number of morpholine rings is 1. The zero-order valence-electron chi connectivity index (χ0n) is 16.9. The predicted octanol–water partition coefficient (Wildman–Crippen LogP) is 2.16. The molecule has 4 rings (SSSR count). The lowest BCUT2D eigenvalue weighted by atomic mass is 9.89. The van der Waals surface area contributed by atoms with Crippen LogP contribution >= 0.6 is 12.4 Å². The number of nitrogens with zero attached hydrogens (tertiary/aromatic N) is 4. The molecule has 1 aromatic carbocycles. The van der Waals surface area contributed by atoms with Gasteiger partial charge < -0.3 is 15.4 Å². The number of hydrogen-bond donors (Lipinski definition) is 1. The summed E-state index contributed by atoms with van der Waals surface area (Å²) in [5.41, 5.74) is 10.0. The van der Waals surface area contributed by atoms with Crippen LogP contribution in [-0.4, -0.2) is 60.6 Å². The molecule has 0 aliphatic carbocycles. The van der Waals surface area contributed by atoms with E-state index in [1.54, 1.807) is 0 Å². The minimum Gasteiger partial charge on any atom is -0.378 e. The summed E-state index contributed by atoms with van der Waals surface area (Å²) < 4.78 is 7.58. The van der Waals surface area contributed by atoms with Gasteiger partial charge in [0.15, 0.2) is 0 Å². The van der Waals surface area contributed by atoms with Crippen LogP contribution in [0.15, 0.2) is 30.3 Å². The van der Waals surface area contributed by atoms with E-state index in [4.69, 9.17) is 15.6 Å². The smallest absolute Gasteiger partial charge is 0.131 e. The number of likely N-dealkylation sites (tertiary alicyclic amines) is 1. The summed E-state index contributed by atoms with van der Waals surface area (Å²) in [5.74, 6) is 2.28. The first kappa shape index (κ1) is 21.1. The van der Waals surface area contributed by atoms with Crippen LogP contribution in [0, 0.1) is 12.8 Å². The van der Waals surface area contributed by atoms with Crippen molar-refractivity contribution >= 4 is 18.2 Å². The van der Waals surface area contributed by atoms with Gasteiger partial charge in [0.25, 0.3) is 0 Å². The lowest BCUT2D eigenvalue weighted by Crippen LogP contribution is -2.38. The summed E-state index contributed by atoms with van der Waals surface area (Å²) in [7, 11) is 2.06. The molecule has 6 nitrogen and oxygen atoms in total. The molecule has 7 heteroatoms. The Labute approximate surface area is 174 Å². The lowest BCUT2D eigenvalue weighted by Gasteiger charge is -2.30. The molecule has 2 saturated heterocycles. The SMILES string of the molecule is Cc1nn(C)c(N2CCOCC2)c1CN1C[C@@H](CN)[C@H](c2ccccc2)C1.Cl. The van der Waals surface area contributed by atoms with Crippen LogP contribution in [0.4, 0.5) is 5.82 Å². The van der Waals surface area contributed by atoms with E-state index in [2.05, 4.69) is 54.1 Å². The van der Waals surface area contributed by atoms with Crippen molar-refractivity contribution in [3.05, 3.63) is 47.2 Å². The topological polar surface area (TPSA) is 59.5 Å². The van der Waals surface area contributed by atoms with Gasteiger partial charge in [-0.3, -0.25) is 9.58 Å². The Morgan fingerprint density at radius 2 is 1.86 bits per heavy atom. The van der Waals surface area contributed by atoms with E-state index in [0.717, 1.165) is 58.2 Å². The molecular weight excluding hydrogens is 374 g/mol. The van der Waals surface area contributed by atoms with Crippen molar-refractivity contribution in [2.45, 2.75) is 19.4 Å². The number of halogens is 1. The highest BCUT2D eigenvalue weighted by Gasteiger charge is 2.34.